The monoisotopic (exact) mass is 414 g/mol. The number of hydrogen-bond acceptors (Lipinski definition) is 3. The molecular formula is C23H31ClN4O. The third-order valence-corrected chi connectivity index (χ3v) is 7.19. The van der Waals surface area contributed by atoms with Crippen LogP contribution in [0.15, 0.2) is 42.7 Å². The van der Waals surface area contributed by atoms with E-state index in [1.54, 1.807) is 0 Å². The van der Waals surface area contributed by atoms with Crippen molar-refractivity contribution >= 4 is 18.3 Å². The van der Waals surface area contributed by atoms with Crippen LogP contribution in [-0.2, 0) is 17.9 Å². The van der Waals surface area contributed by atoms with Crippen molar-refractivity contribution in [3.8, 4) is 0 Å². The van der Waals surface area contributed by atoms with Crippen molar-refractivity contribution < 1.29 is 4.79 Å². The lowest BCUT2D eigenvalue weighted by molar-refractivity contribution is -0.134. The van der Waals surface area contributed by atoms with Gasteiger partial charge in [-0.05, 0) is 62.6 Å². The summed E-state index contributed by atoms with van der Waals surface area (Å²) in [5.41, 5.74) is 1.66. The molecule has 1 N–H and O–H groups in total. The van der Waals surface area contributed by atoms with Crippen molar-refractivity contribution in [2.75, 3.05) is 13.1 Å². The van der Waals surface area contributed by atoms with Crippen LogP contribution in [0, 0.1) is 11.3 Å². The maximum Gasteiger partial charge on any atom is 0.226 e. The molecule has 1 aliphatic heterocycles. The van der Waals surface area contributed by atoms with Crippen molar-refractivity contribution in [2.45, 2.75) is 57.7 Å². The Morgan fingerprint density at radius 3 is 2.76 bits per heavy atom. The van der Waals surface area contributed by atoms with E-state index >= 15 is 0 Å². The van der Waals surface area contributed by atoms with Crippen molar-refractivity contribution in [3.05, 3.63) is 54.1 Å². The fourth-order valence-corrected chi connectivity index (χ4v) is 5.25. The number of piperidine rings is 1. The van der Waals surface area contributed by atoms with Gasteiger partial charge in [0.15, 0.2) is 0 Å². The summed E-state index contributed by atoms with van der Waals surface area (Å²) in [6, 6.07) is 10.9. The summed E-state index contributed by atoms with van der Waals surface area (Å²) in [5.74, 6) is 1.90. The molecule has 1 aromatic carbocycles. The quantitative estimate of drug-likeness (QED) is 0.785. The van der Waals surface area contributed by atoms with Crippen molar-refractivity contribution in [3.63, 3.8) is 0 Å². The van der Waals surface area contributed by atoms with Gasteiger partial charge in [0.05, 0.1) is 6.54 Å². The molecule has 5 nitrogen and oxygen atoms in total. The summed E-state index contributed by atoms with van der Waals surface area (Å²) in [4.78, 5) is 20.4. The molecule has 2 heterocycles. The van der Waals surface area contributed by atoms with E-state index in [1.165, 1.54) is 18.4 Å². The maximum atomic E-state index is 13.6. The lowest BCUT2D eigenvalue weighted by Crippen LogP contribution is -2.40. The first-order valence-electron chi connectivity index (χ1n) is 10.8. The Morgan fingerprint density at radius 2 is 2.03 bits per heavy atom. The first-order valence-corrected chi connectivity index (χ1v) is 10.8. The van der Waals surface area contributed by atoms with Gasteiger partial charge in [-0.2, -0.15) is 0 Å². The summed E-state index contributed by atoms with van der Waals surface area (Å²) < 4.78 is 2.17. The summed E-state index contributed by atoms with van der Waals surface area (Å²) in [5, 5.41) is 3.48. The maximum absolute atomic E-state index is 13.6. The van der Waals surface area contributed by atoms with Gasteiger partial charge in [0.25, 0.3) is 0 Å². The lowest BCUT2D eigenvalue weighted by Gasteiger charge is -2.30. The minimum Gasteiger partial charge on any atom is -0.334 e. The number of aromatic nitrogens is 2. The molecule has 0 radical (unpaired) electrons. The second kappa shape index (κ2) is 8.11. The minimum atomic E-state index is 0. The first kappa shape index (κ1) is 20.4. The van der Waals surface area contributed by atoms with E-state index < -0.39 is 0 Å². The van der Waals surface area contributed by atoms with Crippen LogP contribution >= 0.6 is 12.4 Å². The lowest BCUT2D eigenvalue weighted by atomic mass is 9.93. The van der Waals surface area contributed by atoms with Crippen LogP contribution in [-0.4, -0.2) is 39.5 Å². The average Bonchev–Trinajstić information content (AvgIpc) is 3.62. The van der Waals surface area contributed by atoms with Crippen LogP contribution in [0.5, 0.6) is 0 Å². The Hall–Kier alpha value is -1.85. The Morgan fingerprint density at radius 1 is 1.28 bits per heavy atom. The predicted molar refractivity (Wildman–Crippen MR) is 116 cm³/mol. The minimum absolute atomic E-state index is 0. The molecule has 29 heavy (non-hydrogen) atoms. The highest BCUT2D eigenvalue weighted by atomic mass is 35.5. The fourth-order valence-electron chi connectivity index (χ4n) is 5.25. The molecule has 5 rings (SSSR count). The second-order valence-corrected chi connectivity index (χ2v) is 8.79. The fraction of sp³-hybridized carbons (Fsp3) is 0.565. The molecule has 3 unspecified atom stereocenters. The van der Waals surface area contributed by atoms with Gasteiger partial charge in [-0.25, -0.2) is 4.98 Å². The molecule has 1 spiro atoms. The van der Waals surface area contributed by atoms with Gasteiger partial charge in [0.2, 0.25) is 5.91 Å². The van der Waals surface area contributed by atoms with Crippen molar-refractivity contribution in [2.24, 2.45) is 11.3 Å². The van der Waals surface area contributed by atoms with E-state index in [0.717, 1.165) is 38.3 Å². The molecule has 6 heteroatoms. The van der Waals surface area contributed by atoms with Gasteiger partial charge in [-0.3, -0.25) is 4.79 Å². The Bertz CT molecular complexity index is 846. The number of nitrogens with zero attached hydrogens (tertiary/aromatic N) is 3. The smallest absolute Gasteiger partial charge is 0.226 e. The molecular weight excluding hydrogens is 384 g/mol. The molecule has 3 fully saturated rings. The summed E-state index contributed by atoms with van der Waals surface area (Å²) in [6.07, 6.45) is 8.42. The Labute approximate surface area is 179 Å². The molecule has 1 saturated heterocycles. The molecule has 2 aromatic rings. The number of carbonyl (C=O) groups is 1. The van der Waals surface area contributed by atoms with Gasteiger partial charge < -0.3 is 14.8 Å². The van der Waals surface area contributed by atoms with E-state index in [-0.39, 0.29) is 18.3 Å². The van der Waals surface area contributed by atoms with Crippen LogP contribution in [0.25, 0.3) is 0 Å². The number of imidazole rings is 1. The van der Waals surface area contributed by atoms with E-state index in [2.05, 4.69) is 51.0 Å². The zero-order valence-corrected chi connectivity index (χ0v) is 17.9. The highest BCUT2D eigenvalue weighted by Gasteiger charge is 2.59. The van der Waals surface area contributed by atoms with Crippen LogP contribution in [0.2, 0.25) is 0 Å². The van der Waals surface area contributed by atoms with Gasteiger partial charge in [-0.15, -0.1) is 12.4 Å². The molecule has 3 aliphatic rings. The SMILES string of the molecule is CCn1ccnc1CN(C(=O)C1CC1c1ccccc1)C1CC12CCNCC2.Cl. The van der Waals surface area contributed by atoms with Gasteiger partial charge in [-0.1, -0.05) is 30.3 Å². The molecule has 1 aromatic heterocycles. The molecule has 2 saturated carbocycles. The van der Waals surface area contributed by atoms with Gasteiger partial charge in [0.1, 0.15) is 5.82 Å². The molecule has 156 valence electrons. The average molecular weight is 415 g/mol. The largest absolute Gasteiger partial charge is 0.334 e. The zero-order chi connectivity index (χ0) is 19.1. The molecule has 1 amide bonds. The summed E-state index contributed by atoms with van der Waals surface area (Å²) in [6.45, 7) is 5.84. The van der Waals surface area contributed by atoms with Crippen LogP contribution < -0.4 is 5.32 Å². The number of halogens is 1. The number of carbonyl (C=O) groups excluding carboxylic acids is 1. The highest BCUT2D eigenvalue weighted by molar-refractivity contribution is 5.85. The normalized spacial score (nSPS) is 26.6. The van der Waals surface area contributed by atoms with Gasteiger partial charge >= 0.3 is 0 Å². The molecule has 0 bridgehead atoms. The third kappa shape index (κ3) is 3.82. The predicted octanol–water partition coefficient (Wildman–Crippen LogP) is 3.60. The number of aryl methyl sites for hydroxylation is 1. The van der Waals surface area contributed by atoms with E-state index in [9.17, 15) is 4.79 Å². The highest BCUT2D eigenvalue weighted by Crippen LogP contribution is 2.58. The van der Waals surface area contributed by atoms with Gasteiger partial charge in [0, 0.05) is 30.9 Å². The topological polar surface area (TPSA) is 50.2 Å². The summed E-state index contributed by atoms with van der Waals surface area (Å²) in [7, 11) is 0. The Balaban J connectivity index is 0.00000205. The van der Waals surface area contributed by atoms with Crippen LogP contribution in [0.3, 0.4) is 0 Å². The number of benzene rings is 1. The summed E-state index contributed by atoms with van der Waals surface area (Å²) >= 11 is 0. The van der Waals surface area contributed by atoms with E-state index in [4.69, 9.17) is 0 Å². The number of rotatable bonds is 6. The van der Waals surface area contributed by atoms with E-state index in [1.807, 2.05) is 18.5 Å². The third-order valence-electron chi connectivity index (χ3n) is 7.19. The first-order chi connectivity index (χ1) is 13.7. The van der Waals surface area contributed by atoms with Crippen molar-refractivity contribution in [1.82, 2.24) is 19.8 Å². The number of amides is 1. The zero-order valence-electron chi connectivity index (χ0n) is 17.1. The number of nitrogens with one attached hydrogen (secondary N) is 1. The second-order valence-electron chi connectivity index (χ2n) is 8.79. The molecule has 3 atom stereocenters. The van der Waals surface area contributed by atoms with Crippen LogP contribution in [0.1, 0.15) is 49.9 Å². The van der Waals surface area contributed by atoms with Crippen molar-refractivity contribution in [1.29, 1.82) is 0 Å². The van der Waals surface area contributed by atoms with E-state index in [0.29, 0.717) is 29.8 Å². The number of hydrogen-bond donors (Lipinski definition) is 1. The Kier molecular flexibility index (Phi) is 5.71. The molecule has 2 aliphatic carbocycles. The van der Waals surface area contributed by atoms with Crippen LogP contribution in [0.4, 0.5) is 0 Å². The standard InChI is InChI=1S/C23H30N4O.ClH/c1-2-26-13-12-25-21(26)16-27(20-15-23(20)8-10-24-11-9-23)22(28)19-14-18(19)17-6-4-3-5-7-17;/h3-7,12-13,18-20,24H,2,8-11,14-16H2,1H3;1H.